The van der Waals surface area contributed by atoms with Crippen molar-refractivity contribution >= 4 is 5.57 Å². The summed E-state index contributed by atoms with van der Waals surface area (Å²) in [6.45, 7) is 4.21. The molecule has 0 aliphatic heterocycles. The molecule has 2 rings (SSSR count). The van der Waals surface area contributed by atoms with Crippen LogP contribution in [0.4, 0.5) is 0 Å². The van der Waals surface area contributed by atoms with Crippen molar-refractivity contribution < 1.29 is 49.0 Å². The maximum absolute atomic E-state index is 5.58. The van der Waals surface area contributed by atoms with E-state index < -0.39 is 0 Å². The Labute approximate surface area is 133 Å². The van der Waals surface area contributed by atoms with Crippen LogP contribution in [0.2, 0.25) is 0 Å². The van der Waals surface area contributed by atoms with E-state index in [0.29, 0.717) is 0 Å². The molecule has 4 heteroatoms. The second-order valence-electron chi connectivity index (χ2n) is 4.48. The van der Waals surface area contributed by atoms with Crippen LogP contribution in [0.25, 0.3) is 5.57 Å². The summed E-state index contributed by atoms with van der Waals surface area (Å²) in [4.78, 5) is 0. The van der Waals surface area contributed by atoms with Gasteiger partial charge in [0.2, 0.25) is 0 Å². The molecule has 1 aliphatic rings. The van der Waals surface area contributed by atoms with Crippen LogP contribution >= 0.6 is 0 Å². The van der Waals surface area contributed by atoms with Gasteiger partial charge < -0.3 is 24.8 Å². The second kappa shape index (κ2) is 7.52. The van der Waals surface area contributed by atoms with Crippen molar-refractivity contribution in [3.05, 3.63) is 53.6 Å². The zero-order valence-corrected chi connectivity index (χ0v) is 13.5. The summed E-state index contributed by atoms with van der Waals surface area (Å²) in [7, 11) is 0. The zero-order valence-electron chi connectivity index (χ0n) is 10.4. The molecule has 0 N–H and O–H groups in total. The summed E-state index contributed by atoms with van der Waals surface area (Å²) in [5.41, 5.74) is 3.70. The van der Waals surface area contributed by atoms with Crippen LogP contribution in [0, 0.1) is 0 Å². The van der Waals surface area contributed by atoms with Gasteiger partial charge in [0.25, 0.3) is 0 Å². The van der Waals surface area contributed by atoms with Crippen molar-refractivity contribution in [2.45, 2.75) is 25.9 Å². The van der Waals surface area contributed by atoms with E-state index in [1.54, 1.807) is 20.8 Å². The number of benzene rings is 1. The predicted octanol–water partition coefficient (Wildman–Crippen LogP) is -2.25. The molecule has 0 spiro atoms. The van der Waals surface area contributed by atoms with Crippen molar-refractivity contribution in [3.8, 4) is 0 Å². The quantitative estimate of drug-likeness (QED) is 0.573. The molecule has 1 aliphatic carbocycles. The third-order valence-electron chi connectivity index (χ3n) is 2.95. The van der Waals surface area contributed by atoms with Crippen LogP contribution in [0.1, 0.15) is 31.4 Å². The summed E-state index contributed by atoms with van der Waals surface area (Å²) < 4.78 is 5.58. The summed E-state index contributed by atoms with van der Waals surface area (Å²) in [5, 5.41) is 0. The standard InChI is InChI=1S/C14H15O.2ClH.Ti/c1-14(2,15)13-10-6-5-9-12(13)11-7-3-4-8-11;;;/h3-7,9-10H,8H2,1-2H3;2*1H;/q-1;;;+3/p-2. The molecule has 0 radical (unpaired) electrons. The van der Waals surface area contributed by atoms with Crippen molar-refractivity contribution in [2.75, 3.05) is 0 Å². The Kier molecular flexibility index (Phi) is 7.50. The van der Waals surface area contributed by atoms with Crippen LogP contribution in [0.15, 0.2) is 42.5 Å². The number of allylic oxidation sites excluding steroid dienone is 4. The minimum absolute atomic E-state index is 0. The van der Waals surface area contributed by atoms with Gasteiger partial charge in [-0.2, -0.15) is 0 Å². The zero-order chi connectivity index (χ0) is 11.6. The van der Waals surface area contributed by atoms with E-state index >= 15 is 0 Å². The van der Waals surface area contributed by atoms with Gasteiger partial charge in [-0.15, -0.1) is 0 Å². The second-order valence-corrected chi connectivity index (χ2v) is 4.80. The van der Waals surface area contributed by atoms with Gasteiger partial charge in [0.05, 0.1) is 0 Å². The van der Waals surface area contributed by atoms with Gasteiger partial charge in [0, 0.05) is 0 Å². The monoisotopic (exact) mass is 317 g/mol. The van der Waals surface area contributed by atoms with Crippen LogP contribution in [-0.2, 0) is 29.7 Å². The third-order valence-corrected chi connectivity index (χ3v) is 3.74. The minimum Gasteiger partial charge on any atom is -1.00 e. The molecule has 0 heterocycles. The van der Waals surface area contributed by atoms with E-state index in [0.717, 1.165) is 6.42 Å². The summed E-state index contributed by atoms with van der Waals surface area (Å²) >= 11 is 1.76. The average Bonchev–Trinajstić information content (AvgIpc) is 2.82. The fourth-order valence-corrected chi connectivity index (χ4v) is 2.16. The molecule has 0 atom stereocenters. The van der Waals surface area contributed by atoms with Gasteiger partial charge in [-0.25, -0.2) is 0 Å². The maximum atomic E-state index is 5.58. The average molecular weight is 318 g/mol. The smallest absolute Gasteiger partial charge is 1.00 e. The third kappa shape index (κ3) is 3.72. The maximum Gasteiger partial charge on any atom is -1.00 e. The molecule has 0 saturated carbocycles. The van der Waals surface area contributed by atoms with Gasteiger partial charge in [-0.05, 0) is 0 Å². The SMILES string of the molecule is CC(C)([O][Ti+2])c1ccccc1C1=CC=CC1.[Cl-].[Cl-]. The van der Waals surface area contributed by atoms with E-state index in [-0.39, 0.29) is 30.4 Å². The molecule has 0 aromatic heterocycles. The molecule has 0 bridgehead atoms. The molecule has 1 nitrogen and oxygen atoms in total. The largest absolute Gasteiger partial charge is 1.00 e. The van der Waals surface area contributed by atoms with Crippen molar-refractivity contribution in [3.63, 3.8) is 0 Å². The molecular formula is C14H15Cl2OTi. The Morgan fingerprint density at radius 2 is 1.83 bits per heavy atom. The van der Waals surface area contributed by atoms with Crippen LogP contribution < -0.4 is 24.8 Å². The van der Waals surface area contributed by atoms with Crippen LogP contribution in [-0.4, -0.2) is 0 Å². The van der Waals surface area contributed by atoms with Crippen molar-refractivity contribution in [1.82, 2.24) is 0 Å². The molecule has 1 aromatic rings. The Balaban J connectivity index is 0.00000144. The topological polar surface area (TPSA) is 9.23 Å². The van der Waals surface area contributed by atoms with Crippen molar-refractivity contribution in [2.24, 2.45) is 0 Å². The number of hydrogen-bond acceptors (Lipinski definition) is 1. The van der Waals surface area contributed by atoms with Gasteiger partial charge in [-0.1, -0.05) is 0 Å². The van der Waals surface area contributed by atoms with Gasteiger partial charge in [-0.3, -0.25) is 0 Å². The normalized spacial score (nSPS) is 13.7. The molecule has 0 saturated heterocycles. The first-order valence-corrected chi connectivity index (χ1v) is 6.09. The number of rotatable bonds is 3. The summed E-state index contributed by atoms with van der Waals surface area (Å²) in [5.74, 6) is 0. The Bertz CT molecular complexity index is 453. The predicted molar refractivity (Wildman–Crippen MR) is 62.3 cm³/mol. The van der Waals surface area contributed by atoms with Crippen LogP contribution in [0.5, 0.6) is 0 Å². The molecule has 0 fully saturated rings. The fraction of sp³-hybridized carbons (Fsp3) is 0.286. The molecule has 1 aromatic carbocycles. The Morgan fingerprint density at radius 1 is 1.17 bits per heavy atom. The number of halogens is 2. The number of hydrogen-bond donors (Lipinski definition) is 0. The van der Waals surface area contributed by atoms with E-state index in [9.17, 15) is 0 Å². The van der Waals surface area contributed by atoms with Gasteiger partial charge in [0.15, 0.2) is 0 Å². The van der Waals surface area contributed by atoms with Gasteiger partial charge >= 0.3 is 109 Å². The summed E-state index contributed by atoms with van der Waals surface area (Å²) in [6, 6.07) is 8.49. The molecule has 18 heavy (non-hydrogen) atoms. The van der Waals surface area contributed by atoms with E-state index in [1.807, 2.05) is 0 Å². The van der Waals surface area contributed by atoms with E-state index in [4.69, 9.17) is 3.32 Å². The Hall–Kier alpha value is -0.0457. The molecule has 95 valence electrons. The first-order valence-electron chi connectivity index (χ1n) is 5.45. The van der Waals surface area contributed by atoms with E-state index in [2.05, 4.69) is 56.3 Å². The Morgan fingerprint density at radius 3 is 2.39 bits per heavy atom. The van der Waals surface area contributed by atoms with E-state index in [1.165, 1.54) is 16.7 Å². The molecule has 0 unspecified atom stereocenters. The first-order chi connectivity index (χ1) is 7.65. The minimum atomic E-state index is -0.236. The summed E-state index contributed by atoms with van der Waals surface area (Å²) in [6.07, 6.45) is 7.51. The first kappa shape index (κ1) is 18.0. The van der Waals surface area contributed by atoms with Crippen LogP contribution in [0.3, 0.4) is 0 Å². The molecule has 0 amide bonds. The van der Waals surface area contributed by atoms with Crippen molar-refractivity contribution in [1.29, 1.82) is 0 Å². The molecular weight excluding hydrogens is 303 g/mol. The van der Waals surface area contributed by atoms with Gasteiger partial charge in [0.1, 0.15) is 0 Å². The fourth-order valence-electron chi connectivity index (χ4n) is 1.99.